The molecule has 1 amide bonds. The number of aliphatic carboxylic acids is 1. The Balaban J connectivity index is 1.13. The van der Waals surface area contributed by atoms with Crippen LogP contribution in [0.15, 0.2) is 46.4 Å². The minimum atomic E-state index is -4.17. The number of oxime groups is 1. The fourth-order valence-electron chi connectivity index (χ4n) is 5.49. The van der Waals surface area contributed by atoms with E-state index >= 15 is 0 Å². The molecule has 41 heavy (non-hydrogen) atoms. The molecule has 2 aliphatic rings. The van der Waals surface area contributed by atoms with Crippen LogP contribution in [0, 0.1) is 20.8 Å². The molecule has 3 atom stereocenters. The van der Waals surface area contributed by atoms with Crippen molar-refractivity contribution in [3.05, 3.63) is 53.1 Å². The van der Waals surface area contributed by atoms with Crippen molar-refractivity contribution in [3.8, 4) is 0 Å². The Morgan fingerprint density at radius 3 is 2.63 bits per heavy atom. The van der Waals surface area contributed by atoms with E-state index in [4.69, 9.17) is 4.84 Å². The number of fused-ring (bicyclic) bond motifs is 1. The number of imidazole rings is 1. The Labute approximate surface area is 237 Å². The first-order valence-electron chi connectivity index (χ1n) is 13.2. The van der Waals surface area contributed by atoms with E-state index in [2.05, 4.69) is 35.8 Å². The van der Waals surface area contributed by atoms with Gasteiger partial charge in [0.25, 0.3) is 5.91 Å². The molecule has 1 aromatic heterocycles. The van der Waals surface area contributed by atoms with Gasteiger partial charge in [-0.3, -0.25) is 9.59 Å². The molecule has 2 aliphatic heterocycles. The van der Waals surface area contributed by atoms with Crippen LogP contribution >= 0.6 is 0 Å². The number of carboxylic acid groups (broad SMARTS) is 1. The number of hydrogen-bond donors (Lipinski definition) is 6. The minimum Gasteiger partial charge on any atom is -0.480 e. The van der Waals surface area contributed by atoms with Crippen molar-refractivity contribution in [2.24, 2.45) is 5.16 Å². The average molecular weight is 584 g/mol. The summed E-state index contributed by atoms with van der Waals surface area (Å²) in [6, 6.07) is 9.62. The van der Waals surface area contributed by atoms with Crippen LogP contribution in [-0.2, 0) is 24.4 Å². The van der Waals surface area contributed by atoms with E-state index in [-0.39, 0.29) is 23.1 Å². The number of H-pyrrole nitrogens is 1. The molecule has 0 bridgehead atoms. The van der Waals surface area contributed by atoms with Crippen molar-refractivity contribution in [3.63, 3.8) is 0 Å². The van der Waals surface area contributed by atoms with Gasteiger partial charge in [0.15, 0.2) is 5.60 Å². The Kier molecular flexibility index (Phi) is 7.72. The summed E-state index contributed by atoms with van der Waals surface area (Å²) in [5, 5.41) is 22.8. The summed E-state index contributed by atoms with van der Waals surface area (Å²) < 4.78 is 28.3. The van der Waals surface area contributed by atoms with E-state index in [0.29, 0.717) is 36.6 Å². The number of nitrogens with zero attached hydrogens (tertiary/aromatic N) is 2. The standard InChI is InChI=1S/C27H33N7O6S/c1-15-8-16(2)23(17(3)9-15)41(38,39)34-22(25(36)37)13-28-24(35)21-11-27(40-33-21)10-18(30-14-27)12-29-26-31-19-6-4-5-7-20(19)32-26/h4-9,18,22,30,34H,10-14H2,1-3H3,(H,28,35)(H,36,37)(H2,29,31,32)/t18?,22-,27?/m0/s1. The number of carboxylic acids is 1. The van der Waals surface area contributed by atoms with E-state index in [0.717, 1.165) is 16.6 Å². The molecule has 1 fully saturated rings. The third kappa shape index (κ3) is 6.19. The number of benzene rings is 2. The van der Waals surface area contributed by atoms with E-state index < -0.39 is 40.1 Å². The molecule has 6 N–H and O–H groups in total. The highest BCUT2D eigenvalue weighted by Crippen LogP contribution is 2.33. The Morgan fingerprint density at radius 1 is 1.20 bits per heavy atom. The second-order valence-electron chi connectivity index (χ2n) is 10.7. The lowest BCUT2D eigenvalue weighted by atomic mass is 9.94. The maximum absolute atomic E-state index is 13.0. The number of aromatic nitrogens is 2. The van der Waals surface area contributed by atoms with Gasteiger partial charge in [0.2, 0.25) is 16.0 Å². The zero-order chi connectivity index (χ0) is 29.4. The second-order valence-corrected chi connectivity index (χ2v) is 12.4. The third-order valence-electron chi connectivity index (χ3n) is 7.27. The molecule has 2 unspecified atom stereocenters. The number of sulfonamides is 1. The molecule has 2 aromatic carbocycles. The van der Waals surface area contributed by atoms with Gasteiger partial charge in [0.05, 0.1) is 15.9 Å². The van der Waals surface area contributed by atoms with Crippen LogP contribution in [0.5, 0.6) is 0 Å². The molecule has 0 saturated carbocycles. The predicted molar refractivity (Wildman–Crippen MR) is 152 cm³/mol. The van der Waals surface area contributed by atoms with Gasteiger partial charge in [0, 0.05) is 38.5 Å². The lowest BCUT2D eigenvalue weighted by Crippen LogP contribution is -2.49. The van der Waals surface area contributed by atoms with E-state index in [1.54, 1.807) is 26.0 Å². The third-order valence-corrected chi connectivity index (χ3v) is 9.05. The quantitative estimate of drug-likeness (QED) is 0.205. The second kappa shape index (κ2) is 11.1. The number of rotatable bonds is 10. The van der Waals surface area contributed by atoms with Crippen LogP contribution in [0.4, 0.5) is 5.95 Å². The summed E-state index contributed by atoms with van der Waals surface area (Å²) >= 11 is 0. The van der Waals surface area contributed by atoms with E-state index in [1.165, 1.54) is 0 Å². The molecule has 1 spiro atoms. The SMILES string of the molecule is Cc1cc(C)c(S(=O)(=O)N[C@@H](CNC(=O)C2=NOC3(CNC(CNc4nc5ccccc5[nH]4)C3)C2)C(=O)O)c(C)c1. The highest BCUT2D eigenvalue weighted by molar-refractivity contribution is 7.89. The maximum Gasteiger partial charge on any atom is 0.323 e. The molecular formula is C27H33N7O6S. The summed E-state index contributed by atoms with van der Waals surface area (Å²) in [5.41, 5.74) is 3.13. The van der Waals surface area contributed by atoms with E-state index in [1.807, 2.05) is 31.2 Å². The smallest absolute Gasteiger partial charge is 0.323 e. The largest absolute Gasteiger partial charge is 0.480 e. The summed E-state index contributed by atoms with van der Waals surface area (Å²) in [6.07, 6.45) is 0.825. The highest BCUT2D eigenvalue weighted by Gasteiger charge is 2.47. The van der Waals surface area contributed by atoms with Gasteiger partial charge in [-0.15, -0.1) is 0 Å². The zero-order valence-corrected chi connectivity index (χ0v) is 23.8. The Morgan fingerprint density at radius 2 is 1.93 bits per heavy atom. The minimum absolute atomic E-state index is 0.0225. The fourth-order valence-corrected chi connectivity index (χ4v) is 7.13. The van der Waals surface area contributed by atoms with Crippen LogP contribution < -0.4 is 20.7 Å². The van der Waals surface area contributed by atoms with Crippen molar-refractivity contribution in [2.75, 3.05) is 25.0 Å². The lowest BCUT2D eigenvalue weighted by molar-refractivity contribution is -0.138. The number of para-hydroxylation sites is 2. The molecule has 14 heteroatoms. The van der Waals surface area contributed by atoms with Crippen LogP contribution in [0.2, 0.25) is 0 Å². The zero-order valence-electron chi connectivity index (χ0n) is 22.9. The summed E-state index contributed by atoms with van der Waals surface area (Å²) in [5.74, 6) is -1.37. The first-order valence-corrected chi connectivity index (χ1v) is 14.7. The Bertz CT molecular complexity index is 1580. The molecule has 218 valence electrons. The molecule has 3 heterocycles. The molecule has 1 saturated heterocycles. The highest BCUT2D eigenvalue weighted by atomic mass is 32.2. The monoisotopic (exact) mass is 583 g/mol. The predicted octanol–water partition coefficient (Wildman–Crippen LogP) is 1.32. The van der Waals surface area contributed by atoms with Crippen LogP contribution in [0.3, 0.4) is 0 Å². The van der Waals surface area contributed by atoms with Crippen LogP contribution in [0.1, 0.15) is 29.5 Å². The summed E-state index contributed by atoms with van der Waals surface area (Å²) in [7, 11) is -4.17. The molecule has 0 radical (unpaired) electrons. The normalized spacial score (nSPS) is 21.0. The fraction of sp³-hybridized carbons (Fsp3) is 0.407. The van der Waals surface area contributed by atoms with Gasteiger partial charge in [-0.25, -0.2) is 13.4 Å². The van der Waals surface area contributed by atoms with Crippen molar-refractivity contribution in [2.45, 2.75) is 56.2 Å². The van der Waals surface area contributed by atoms with Gasteiger partial charge in [-0.05, 0) is 44.0 Å². The molecular weight excluding hydrogens is 550 g/mol. The lowest BCUT2D eigenvalue weighted by Gasteiger charge is -2.19. The van der Waals surface area contributed by atoms with Crippen molar-refractivity contribution in [1.29, 1.82) is 0 Å². The van der Waals surface area contributed by atoms with Gasteiger partial charge >= 0.3 is 5.97 Å². The number of anilines is 1. The van der Waals surface area contributed by atoms with Gasteiger partial charge in [0.1, 0.15) is 11.8 Å². The van der Waals surface area contributed by atoms with Gasteiger partial charge in [-0.2, -0.15) is 4.72 Å². The van der Waals surface area contributed by atoms with Crippen LogP contribution in [-0.4, -0.2) is 78.4 Å². The topological polar surface area (TPSA) is 187 Å². The molecule has 3 aromatic rings. The maximum atomic E-state index is 13.0. The number of aromatic amines is 1. The van der Waals surface area contributed by atoms with Crippen LogP contribution in [0.25, 0.3) is 11.0 Å². The summed E-state index contributed by atoms with van der Waals surface area (Å²) in [6.45, 7) is 5.74. The average Bonchev–Trinajstić information content (AvgIpc) is 3.62. The molecule has 0 aliphatic carbocycles. The first-order chi connectivity index (χ1) is 19.4. The number of amides is 1. The first kappa shape index (κ1) is 28.5. The Hall–Kier alpha value is -4.01. The summed E-state index contributed by atoms with van der Waals surface area (Å²) in [4.78, 5) is 38.1. The van der Waals surface area contributed by atoms with Crippen molar-refractivity contribution >= 4 is 44.6 Å². The number of nitrogens with one attached hydrogen (secondary N) is 5. The number of carbonyl (C=O) groups excluding carboxylic acids is 1. The van der Waals surface area contributed by atoms with Gasteiger partial charge in [-0.1, -0.05) is 35.0 Å². The number of hydrogen-bond acceptors (Lipinski definition) is 9. The molecule has 13 nitrogen and oxygen atoms in total. The van der Waals surface area contributed by atoms with E-state index in [9.17, 15) is 23.1 Å². The number of carbonyl (C=O) groups is 2. The number of aryl methyl sites for hydroxylation is 3. The van der Waals surface area contributed by atoms with Crippen molar-refractivity contribution < 1.29 is 28.0 Å². The van der Waals surface area contributed by atoms with Crippen molar-refractivity contribution in [1.82, 2.24) is 25.3 Å². The molecule has 5 rings (SSSR count). The van der Waals surface area contributed by atoms with Gasteiger partial charge < -0.3 is 30.9 Å².